The van der Waals surface area contributed by atoms with E-state index in [0.717, 1.165) is 26.8 Å². The van der Waals surface area contributed by atoms with E-state index in [-0.39, 0.29) is 0 Å². The number of benzene rings is 1. The van der Waals surface area contributed by atoms with Gasteiger partial charge in [-0.1, -0.05) is 35.2 Å². The van der Waals surface area contributed by atoms with Crippen LogP contribution in [0.1, 0.15) is 0 Å². The van der Waals surface area contributed by atoms with Gasteiger partial charge in [0.05, 0.1) is 0 Å². The Labute approximate surface area is 111 Å². The summed E-state index contributed by atoms with van der Waals surface area (Å²) in [6.45, 7) is 0.910. The minimum atomic E-state index is 0.910. The highest BCUT2D eigenvalue weighted by Crippen LogP contribution is 2.22. The highest BCUT2D eigenvalue weighted by atomic mass is 79.9. The number of anilines is 1. The maximum atomic E-state index is 3.97. The van der Waals surface area contributed by atoms with Crippen LogP contribution in [0.5, 0.6) is 0 Å². The fourth-order valence-electron chi connectivity index (χ4n) is 1.15. The number of hydrogen-bond donors (Lipinski definition) is 1. The molecule has 0 aliphatic heterocycles. The van der Waals surface area contributed by atoms with E-state index < -0.39 is 0 Å². The quantitative estimate of drug-likeness (QED) is 0.677. The summed E-state index contributed by atoms with van der Waals surface area (Å²) in [7, 11) is 0. The van der Waals surface area contributed by atoms with Crippen LogP contribution in [-0.4, -0.2) is 22.5 Å². The molecular formula is C10H10BrN3S2. The van der Waals surface area contributed by atoms with Crippen molar-refractivity contribution in [3.63, 3.8) is 0 Å². The number of halogens is 1. The Balaban J connectivity index is 1.74. The van der Waals surface area contributed by atoms with E-state index in [0.29, 0.717) is 0 Å². The molecule has 0 aliphatic carbocycles. The van der Waals surface area contributed by atoms with Crippen molar-refractivity contribution < 1.29 is 0 Å². The Morgan fingerprint density at radius 3 is 3.00 bits per heavy atom. The molecule has 0 fully saturated rings. The molecule has 0 amide bonds. The normalized spacial score (nSPS) is 10.3. The van der Waals surface area contributed by atoms with Gasteiger partial charge in [-0.3, -0.25) is 0 Å². The van der Waals surface area contributed by atoms with Gasteiger partial charge in [0.25, 0.3) is 0 Å². The molecule has 0 saturated heterocycles. The van der Waals surface area contributed by atoms with Crippen LogP contribution in [0.15, 0.2) is 38.6 Å². The molecule has 2 aromatic rings. The van der Waals surface area contributed by atoms with Crippen molar-refractivity contribution in [3.8, 4) is 0 Å². The molecule has 84 valence electrons. The number of thioether (sulfide) groups is 1. The van der Waals surface area contributed by atoms with Crippen LogP contribution < -0.4 is 5.32 Å². The third-order valence-corrected chi connectivity index (χ3v) is 4.41. The van der Waals surface area contributed by atoms with Crippen molar-refractivity contribution in [1.29, 1.82) is 0 Å². The van der Waals surface area contributed by atoms with Crippen LogP contribution in [-0.2, 0) is 0 Å². The van der Waals surface area contributed by atoms with E-state index in [2.05, 4.69) is 37.5 Å². The van der Waals surface area contributed by atoms with Gasteiger partial charge in [-0.25, -0.2) is 0 Å². The molecular weight excluding hydrogens is 306 g/mol. The van der Waals surface area contributed by atoms with Gasteiger partial charge in [-0.15, -0.1) is 10.2 Å². The Kier molecular flexibility index (Phi) is 4.62. The first-order chi connectivity index (χ1) is 7.86. The van der Waals surface area contributed by atoms with Gasteiger partial charge in [0.1, 0.15) is 5.51 Å². The molecule has 16 heavy (non-hydrogen) atoms. The monoisotopic (exact) mass is 315 g/mol. The van der Waals surface area contributed by atoms with Gasteiger partial charge in [-0.2, -0.15) is 0 Å². The number of nitrogens with one attached hydrogen (secondary N) is 1. The lowest BCUT2D eigenvalue weighted by Crippen LogP contribution is -2.04. The van der Waals surface area contributed by atoms with Gasteiger partial charge in [0.2, 0.25) is 0 Å². The molecule has 2 rings (SSSR count). The predicted molar refractivity (Wildman–Crippen MR) is 73.3 cm³/mol. The van der Waals surface area contributed by atoms with Crippen LogP contribution in [0, 0.1) is 0 Å². The first-order valence-corrected chi connectivity index (χ1v) is 7.39. The van der Waals surface area contributed by atoms with Crippen molar-refractivity contribution in [1.82, 2.24) is 10.2 Å². The van der Waals surface area contributed by atoms with Crippen molar-refractivity contribution in [3.05, 3.63) is 34.2 Å². The van der Waals surface area contributed by atoms with Gasteiger partial charge < -0.3 is 5.32 Å². The number of nitrogens with zero attached hydrogens (tertiary/aromatic N) is 2. The topological polar surface area (TPSA) is 37.8 Å². The summed E-state index contributed by atoms with van der Waals surface area (Å²) in [5.41, 5.74) is 2.88. The second-order valence-electron chi connectivity index (χ2n) is 2.96. The van der Waals surface area contributed by atoms with Gasteiger partial charge in [0, 0.05) is 22.5 Å². The zero-order valence-corrected chi connectivity index (χ0v) is 11.6. The summed E-state index contributed by atoms with van der Waals surface area (Å²) in [5, 5.41) is 11.1. The van der Waals surface area contributed by atoms with Crippen molar-refractivity contribution in [2.24, 2.45) is 0 Å². The van der Waals surface area contributed by atoms with E-state index in [4.69, 9.17) is 0 Å². The lowest BCUT2D eigenvalue weighted by atomic mass is 10.3. The highest BCUT2D eigenvalue weighted by molar-refractivity contribution is 9.10. The van der Waals surface area contributed by atoms with E-state index >= 15 is 0 Å². The largest absolute Gasteiger partial charge is 0.383 e. The molecule has 0 aliphatic rings. The molecule has 1 heterocycles. The van der Waals surface area contributed by atoms with Crippen molar-refractivity contribution in [2.45, 2.75) is 4.34 Å². The molecule has 0 saturated carbocycles. The second kappa shape index (κ2) is 6.22. The Hall–Kier alpha value is -0.590. The van der Waals surface area contributed by atoms with Gasteiger partial charge >= 0.3 is 0 Å². The lowest BCUT2D eigenvalue weighted by Gasteiger charge is -2.06. The molecule has 0 unspecified atom stereocenters. The van der Waals surface area contributed by atoms with Crippen LogP contribution in [0.3, 0.4) is 0 Å². The number of rotatable bonds is 5. The van der Waals surface area contributed by atoms with Crippen LogP contribution in [0.25, 0.3) is 0 Å². The summed E-state index contributed by atoms with van der Waals surface area (Å²) in [4.78, 5) is 0. The standard InChI is InChI=1S/C10H10BrN3S2/c11-8-3-1-2-4-9(8)12-5-6-15-10-14-13-7-16-10/h1-4,7,12H,5-6H2. The molecule has 0 atom stereocenters. The number of hydrogen-bond acceptors (Lipinski definition) is 5. The fourth-order valence-corrected chi connectivity index (χ4v) is 2.99. The molecule has 1 aromatic carbocycles. The number of aromatic nitrogens is 2. The smallest absolute Gasteiger partial charge is 0.174 e. The van der Waals surface area contributed by atoms with E-state index in [1.807, 2.05) is 18.2 Å². The first-order valence-electron chi connectivity index (χ1n) is 4.73. The molecule has 0 bridgehead atoms. The second-order valence-corrected chi connectivity index (χ2v) is 5.99. The van der Waals surface area contributed by atoms with Gasteiger partial charge in [0.15, 0.2) is 4.34 Å². The number of para-hydroxylation sites is 1. The van der Waals surface area contributed by atoms with E-state index in [9.17, 15) is 0 Å². The highest BCUT2D eigenvalue weighted by Gasteiger charge is 1.99. The fraction of sp³-hybridized carbons (Fsp3) is 0.200. The Bertz CT molecular complexity index is 433. The Morgan fingerprint density at radius 1 is 1.38 bits per heavy atom. The predicted octanol–water partition coefficient (Wildman–Crippen LogP) is 3.50. The van der Waals surface area contributed by atoms with Gasteiger partial charge in [-0.05, 0) is 28.1 Å². The molecule has 0 spiro atoms. The lowest BCUT2D eigenvalue weighted by molar-refractivity contribution is 1.01. The third-order valence-electron chi connectivity index (χ3n) is 1.86. The van der Waals surface area contributed by atoms with Crippen molar-refractivity contribution >= 4 is 44.7 Å². The van der Waals surface area contributed by atoms with E-state index in [1.54, 1.807) is 28.6 Å². The molecule has 0 radical (unpaired) electrons. The minimum Gasteiger partial charge on any atom is -0.383 e. The summed E-state index contributed by atoms with van der Waals surface area (Å²) in [6.07, 6.45) is 0. The zero-order valence-electron chi connectivity index (χ0n) is 8.39. The average Bonchev–Trinajstić information content (AvgIpc) is 2.79. The average molecular weight is 316 g/mol. The summed E-state index contributed by atoms with van der Waals surface area (Å²) >= 11 is 6.79. The van der Waals surface area contributed by atoms with Crippen LogP contribution in [0.4, 0.5) is 5.69 Å². The molecule has 1 aromatic heterocycles. The molecule has 1 N–H and O–H groups in total. The Morgan fingerprint density at radius 2 is 2.25 bits per heavy atom. The maximum Gasteiger partial charge on any atom is 0.174 e. The molecule has 3 nitrogen and oxygen atoms in total. The first kappa shape index (κ1) is 11.9. The third kappa shape index (κ3) is 3.47. The molecule has 6 heteroatoms. The van der Waals surface area contributed by atoms with E-state index in [1.165, 1.54) is 0 Å². The van der Waals surface area contributed by atoms with Crippen molar-refractivity contribution in [2.75, 3.05) is 17.6 Å². The van der Waals surface area contributed by atoms with Crippen LogP contribution >= 0.6 is 39.0 Å². The minimum absolute atomic E-state index is 0.910. The SMILES string of the molecule is Brc1ccccc1NCCSc1nncs1. The summed E-state index contributed by atoms with van der Waals surface area (Å²) in [5.74, 6) is 0.983. The van der Waals surface area contributed by atoms with Crippen LogP contribution in [0.2, 0.25) is 0 Å². The summed E-state index contributed by atoms with van der Waals surface area (Å²) in [6, 6.07) is 8.11. The summed E-state index contributed by atoms with van der Waals surface area (Å²) < 4.78 is 2.12. The maximum absolute atomic E-state index is 3.97. The zero-order chi connectivity index (χ0) is 11.2.